The Morgan fingerprint density at radius 2 is 1.86 bits per heavy atom. The van der Waals surface area contributed by atoms with E-state index in [4.69, 9.17) is 9.47 Å². The van der Waals surface area contributed by atoms with Gasteiger partial charge in [0.2, 0.25) is 0 Å². The average molecular weight is 490 g/mol. The number of amides is 1. The fourth-order valence-electron chi connectivity index (χ4n) is 2.76. The van der Waals surface area contributed by atoms with Crippen molar-refractivity contribution in [1.82, 2.24) is 0 Å². The van der Waals surface area contributed by atoms with Gasteiger partial charge in [-0.25, -0.2) is 0 Å². The van der Waals surface area contributed by atoms with Gasteiger partial charge in [-0.15, -0.1) is 0 Å². The van der Waals surface area contributed by atoms with Gasteiger partial charge in [0.1, 0.15) is 0 Å². The minimum Gasteiger partial charge on any atom is -0.493 e. The second-order valence-electron chi connectivity index (χ2n) is 6.95. The molecule has 146 valence electrons. The van der Waals surface area contributed by atoms with Gasteiger partial charge in [-0.05, 0) is 83.5 Å². The highest BCUT2D eigenvalue weighted by atomic mass is 127. The molecule has 1 aliphatic heterocycles. The summed E-state index contributed by atoms with van der Waals surface area (Å²) in [5.74, 6) is 1.62. The molecule has 6 heteroatoms. The predicted octanol–water partition coefficient (Wildman–Crippen LogP) is 5.14. The van der Waals surface area contributed by atoms with Crippen molar-refractivity contribution in [1.29, 1.82) is 0 Å². The fourth-order valence-corrected chi connectivity index (χ4v) is 3.12. The van der Waals surface area contributed by atoms with Crippen molar-refractivity contribution in [2.24, 2.45) is 11.0 Å². The summed E-state index contributed by atoms with van der Waals surface area (Å²) in [6, 6.07) is 13.4. The van der Waals surface area contributed by atoms with Gasteiger partial charge in [0.05, 0.1) is 30.7 Å². The van der Waals surface area contributed by atoms with E-state index in [1.807, 2.05) is 55.5 Å². The first-order valence-electron chi connectivity index (χ1n) is 9.07. The Labute approximate surface area is 179 Å². The molecular formula is C22H23IN2O3. The number of hydrazone groups is 1. The summed E-state index contributed by atoms with van der Waals surface area (Å²) in [5.41, 5.74) is 2.86. The van der Waals surface area contributed by atoms with Crippen molar-refractivity contribution in [3.63, 3.8) is 0 Å². The van der Waals surface area contributed by atoms with Crippen LogP contribution in [0.2, 0.25) is 0 Å². The Morgan fingerprint density at radius 1 is 1.14 bits per heavy atom. The number of anilines is 1. The van der Waals surface area contributed by atoms with Crippen LogP contribution in [0.25, 0.3) is 6.08 Å². The summed E-state index contributed by atoms with van der Waals surface area (Å²) in [7, 11) is 1.61. The molecule has 0 saturated carbocycles. The smallest absolute Gasteiger partial charge is 0.280 e. The van der Waals surface area contributed by atoms with Crippen molar-refractivity contribution in [2.45, 2.75) is 20.8 Å². The highest BCUT2D eigenvalue weighted by molar-refractivity contribution is 14.1. The van der Waals surface area contributed by atoms with Gasteiger partial charge in [-0.3, -0.25) is 4.79 Å². The third-order valence-corrected chi connectivity index (χ3v) is 4.92. The second-order valence-corrected chi connectivity index (χ2v) is 8.20. The van der Waals surface area contributed by atoms with E-state index in [9.17, 15) is 4.79 Å². The summed E-state index contributed by atoms with van der Waals surface area (Å²) in [5, 5.41) is 5.87. The number of ether oxygens (including phenoxy) is 2. The molecule has 0 atom stereocenters. The second kappa shape index (κ2) is 8.77. The molecule has 0 aromatic heterocycles. The van der Waals surface area contributed by atoms with E-state index in [0.717, 1.165) is 14.8 Å². The van der Waals surface area contributed by atoms with E-state index >= 15 is 0 Å². The zero-order chi connectivity index (χ0) is 20.3. The zero-order valence-electron chi connectivity index (χ0n) is 16.4. The number of halogens is 1. The molecule has 0 aliphatic carbocycles. The van der Waals surface area contributed by atoms with E-state index in [0.29, 0.717) is 35.3 Å². The first kappa shape index (κ1) is 20.4. The Bertz CT molecular complexity index is 933. The number of hydrogen-bond donors (Lipinski definition) is 0. The molecule has 0 radical (unpaired) electrons. The van der Waals surface area contributed by atoms with Gasteiger partial charge in [0.15, 0.2) is 11.5 Å². The third-order valence-electron chi connectivity index (χ3n) is 4.20. The number of carbonyl (C=O) groups is 1. The number of rotatable bonds is 6. The molecule has 0 N–H and O–H groups in total. The lowest BCUT2D eigenvalue weighted by Crippen LogP contribution is -2.21. The number of hydrogen-bond acceptors (Lipinski definition) is 4. The largest absolute Gasteiger partial charge is 0.493 e. The van der Waals surface area contributed by atoms with E-state index < -0.39 is 0 Å². The summed E-state index contributed by atoms with van der Waals surface area (Å²) in [6.45, 7) is 6.65. The first-order valence-corrected chi connectivity index (χ1v) is 10.1. The van der Waals surface area contributed by atoms with Crippen LogP contribution in [-0.4, -0.2) is 25.3 Å². The van der Waals surface area contributed by atoms with E-state index in [1.54, 1.807) is 7.11 Å². The quantitative estimate of drug-likeness (QED) is 0.416. The standard InChI is InChI=1S/C22H23IN2O3/c1-14(2)13-28-20-10-5-16(12-21(20)27-4)11-19-15(3)24-25(22(19)26)18-8-6-17(23)7-9-18/h5-12,14H,13H2,1-4H3/b19-11+. The number of benzene rings is 2. The highest BCUT2D eigenvalue weighted by Crippen LogP contribution is 2.31. The summed E-state index contributed by atoms with van der Waals surface area (Å²) in [4.78, 5) is 12.9. The van der Waals surface area contributed by atoms with Crippen LogP contribution in [0.4, 0.5) is 5.69 Å². The lowest BCUT2D eigenvalue weighted by Gasteiger charge is -2.13. The number of carbonyl (C=O) groups excluding carboxylic acids is 1. The normalized spacial score (nSPS) is 15.4. The van der Waals surface area contributed by atoms with Gasteiger partial charge in [-0.1, -0.05) is 19.9 Å². The lowest BCUT2D eigenvalue weighted by atomic mass is 10.1. The predicted molar refractivity (Wildman–Crippen MR) is 121 cm³/mol. The van der Waals surface area contributed by atoms with Crippen LogP contribution in [0, 0.1) is 9.49 Å². The van der Waals surface area contributed by atoms with Gasteiger partial charge in [0, 0.05) is 3.57 Å². The molecule has 1 amide bonds. The molecule has 2 aromatic carbocycles. The van der Waals surface area contributed by atoms with Crippen molar-refractivity contribution in [3.05, 3.63) is 57.2 Å². The number of nitrogens with zero attached hydrogens (tertiary/aromatic N) is 2. The maximum Gasteiger partial charge on any atom is 0.280 e. The molecule has 28 heavy (non-hydrogen) atoms. The van der Waals surface area contributed by atoms with Crippen LogP contribution in [0.1, 0.15) is 26.3 Å². The highest BCUT2D eigenvalue weighted by Gasteiger charge is 2.28. The fraction of sp³-hybridized carbons (Fsp3) is 0.273. The van der Waals surface area contributed by atoms with Crippen LogP contribution in [-0.2, 0) is 4.79 Å². The Kier molecular flexibility index (Phi) is 6.39. The summed E-state index contributed by atoms with van der Waals surface area (Å²) < 4.78 is 12.4. The molecule has 0 saturated heterocycles. The average Bonchev–Trinajstić information content (AvgIpc) is 2.95. The lowest BCUT2D eigenvalue weighted by molar-refractivity contribution is -0.114. The molecule has 0 bridgehead atoms. The van der Waals surface area contributed by atoms with Crippen LogP contribution < -0.4 is 14.5 Å². The molecule has 0 fully saturated rings. The van der Waals surface area contributed by atoms with Gasteiger partial charge in [0.25, 0.3) is 5.91 Å². The van der Waals surface area contributed by atoms with Crippen molar-refractivity contribution >= 4 is 46.0 Å². The number of methoxy groups -OCH3 is 1. The molecule has 1 heterocycles. The zero-order valence-corrected chi connectivity index (χ0v) is 18.6. The maximum atomic E-state index is 12.9. The molecular weight excluding hydrogens is 467 g/mol. The van der Waals surface area contributed by atoms with Gasteiger partial charge < -0.3 is 9.47 Å². The monoisotopic (exact) mass is 490 g/mol. The van der Waals surface area contributed by atoms with Crippen molar-refractivity contribution in [3.8, 4) is 11.5 Å². The molecule has 1 aliphatic rings. The van der Waals surface area contributed by atoms with Crippen molar-refractivity contribution < 1.29 is 14.3 Å². The molecule has 0 spiro atoms. The summed E-state index contributed by atoms with van der Waals surface area (Å²) in [6.07, 6.45) is 1.84. The molecule has 0 unspecified atom stereocenters. The minimum atomic E-state index is -0.141. The molecule has 2 aromatic rings. The van der Waals surface area contributed by atoms with E-state index in [-0.39, 0.29) is 5.91 Å². The van der Waals surface area contributed by atoms with Crippen LogP contribution >= 0.6 is 22.6 Å². The topological polar surface area (TPSA) is 51.1 Å². The first-order chi connectivity index (χ1) is 13.4. The van der Waals surface area contributed by atoms with E-state index in [1.165, 1.54) is 5.01 Å². The summed E-state index contributed by atoms with van der Waals surface area (Å²) >= 11 is 2.23. The Balaban J connectivity index is 1.86. The molecule has 3 rings (SSSR count). The van der Waals surface area contributed by atoms with Gasteiger partial charge in [-0.2, -0.15) is 10.1 Å². The van der Waals surface area contributed by atoms with E-state index in [2.05, 4.69) is 41.5 Å². The Hall–Kier alpha value is -2.35. The maximum absolute atomic E-state index is 12.9. The SMILES string of the molecule is COc1cc(/C=C2/C(=O)N(c3ccc(I)cc3)N=C2C)ccc1OCC(C)C. The molecule has 5 nitrogen and oxygen atoms in total. The van der Waals surface area contributed by atoms with Gasteiger partial charge >= 0.3 is 0 Å². The van der Waals surface area contributed by atoms with Crippen LogP contribution in [0.5, 0.6) is 11.5 Å². The minimum absolute atomic E-state index is 0.141. The third kappa shape index (κ3) is 4.55. The van der Waals surface area contributed by atoms with Crippen LogP contribution in [0.15, 0.2) is 53.1 Å². The van der Waals surface area contributed by atoms with Crippen molar-refractivity contribution in [2.75, 3.05) is 18.7 Å². The Morgan fingerprint density at radius 3 is 2.50 bits per heavy atom. The van der Waals surface area contributed by atoms with Crippen LogP contribution in [0.3, 0.4) is 0 Å².